The van der Waals surface area contributed by atoms with Gasteiger partial charge in [0.25, 0.3) is 0 Å². The fraction of sp³-hybridized carbons (Fsp3) is 0.333. The van der Waals surface area contributed by atoms with E-state index < -0.39 is 17.6 Å². The monoisotopic (exact) mass is 394 g/mol. The van der Waals surface area contributed by atoms with Gasteiger partial charge in [-0.1, -0.05) is 48.5 Å². The summed E-state index contributed by atoms with van der Waals surface area (Å²) in [5.41, 5.74) is 1.87. The van der Waals surface area contributed by atoms with Crippen LogP contribution in [0.3, 0.4) is 0 Å². The van der Waals surface area contributed by atoms with E-state index in [0.717, 1.165) is 21.5 Å². The van der Waals surface area contributed by atoms with Crippen LogP contribution in [0.25, 0.3) is 11.1 Å². The van der Waals surface area contributed by atoms with Gasteiger partial charge in [-0.25, -0.2) is 0 Å². The van der Waals surface area contributed by atoms with Crippen LogP contribution in [0.4, 0.5) is 0 Å². The van der Waals surface area contributed by atoms with E-state index >= 15 is 0 Å². The van der Waals surface area contributed by atoms with Crippen molar-refractivity contribution in [3.05, 3.63) is 48.5 Å². The molecule has 2 aromatic rings. The van der Waals surface area contributed by atoms with Crippen LogP contribution in [-0.2, 0) is 26.6 Å². The maximum atomic E-state index is 5.70. The fourth-order valence-corrected chi connectivity index (χ4v) is 7.15. The van der Waals surface area contributed by atoms with Crippen LogP contribution in [0.1, 0.15) is 0 Å². The Morgan fingerprint density at radius 2 is 0.731 bits per heavy atom. The summed E-state index contributed by atoms with van der Waals surface area (Å²) in [6.07, 6.45) is 0. The molecule has 0 unspecified atom stereocenters. The molecule has 0 aliphatic rings. The molecular weight excluding hydrogens is 368 g/mol. The van der Waals surface area contributed by atoms with Crippen LogP contribution in [-0.4, -0.2) is 60.3 Å². The Kier molecular flexibility index (Phi) is 7.27. The summed E-state index contributed by atoms with van der Waals surface area (Å²) < 4.78 is 34.2. The van der Waals surface area contributed by atoms with Crippen molar-refractivity contribution in [2.24, 2.45) is 0 Å². The van der Waals surface area contributed by atoms with Gasteiger partial charge in [0.2, 0.25) is 0 Å². The van der Waals surface area contributed by atoms with E-state index in [2.05, 4.69) is 0 Å². The van der Waals surface area contributed by atoms with Gasteiger partial charge in [-0.2, -0.15) is 0 Å². The molecule has 0 radical (unpaired) electrons. The first kappa shape index (κ1) is 20.9. The Balaban J connectivity index is 2.77. The second kappa shape index (κ2) is 9.02. The van der Waals surface area contributed by atoms with E-state index in [1.165, 1.54) is 0 Å². The molecule has 0 saturated heterocycles. The highest BCUT2D eigenvalue weighted by atomic mass is 28.4. The van der Waals surface area contributed by atoms with Crippen LogP contribution >= 0.6 is 0 Å². The number of rotatable bonds is 9. The van der Waals surface area contributed by atoms with Gasteiger partial charge in [0.15, 0.2) is 0 Å². The lowest BCUT2D eigenvalue weighted by Gasteiger charge is -2.29. The first-order chi connectivity index (χ1) is 12.6. The first-order valence-electron chi connectivity index (χ1n) is 8.08. The van der Waals surface area contributed by atoms with E-state index in [-0.39, 0.29) is 0 Å². The second-order valence-electron chi connectivity index (χ2n) is 5.43. The van der Waals surface area contributed by atoms with Gasteiger partial charge in [-0.05, 0) is 11.1 Å². The van der Waals surface area contributed by atoms with E-state index in [1.807, 2.05) is 48.5 Å². The molecule has 0 bridgehead atoms. The molecule has 26 heavy (non-hydrogen) atoms. The van der Waals surface area contributed by atoms with Gasteiger partial charge in [0.05, 0.1) is 0 Å². The lowest BCUT2D eigenvalue weighted by molar-refractivity contribution is 0.139. The van der Waals surface area contributed by atoms with E-state index in [4.69, 9.17) is 26.6 Å². The van der Waals surface area contributed by atoms with Crippen LogP contribution in [0.2, 0.25) is 0 Å². The second-order valence-corrected chi connectivity index (χ2v) is 11.2. The van der Waals surface area contributed by atoms with Crippen molar-refractivity contribution in [1.82, 2.24) is 0 Å². The maximum Gasteiger partial charge on any atom is 0.537 e. The van der Waals surface area contributed by atoms with Crippen molar-refractivity contribution in [2.45, 2.75) is 0 Å². The normalized spacial score (nSPS) is 12.4. The fourth-order valence-electron chi connectivity index (χ4n) is 3.13. The van der Waals surface area contributed by atoms with Crippen molar-refractivity contribution in [3.63, 3.8) is 0 Å². The molecule has 0 atom stereocenters. The predicted octanol–water partition coefficient (Wildman–Crippen LogP) is 1.52. The Hall–Kier alpha value is -1.37. The van der Waals surface area contributed by atoms with Crippen molar-refractivity contribution in [2.75, 3.05) is 42.7 Å². The molecule has 2 aromatic carbocycles. The van der Waals surface area contributed by atoms with Gasteiger partial charge in [-0.15, -0.1) is 0 Å². The molecular formula is C18H26O6Si2. The van der Waals surface area contributed by atoms with Crippen LogP contribution in [0.5, 0.6) is 0 Å². The highest BCUT2D eigenvalue weighted by Crippen LogP contribution is 2.23. The van der Waals surface area contributed by atoms with Gasteiger partial charge < -0.3 is 26.6 Å². The molecule has 142 valence electrons. The minimum Gasteiger partial charge on any atom is -0.373 e. The van der Waals surface area contributed by atoms with E-state index in [1.54, 1.807) is 42.7 Å². The molecule has 0 spiro atoms. The number of hydrogen-bond donors (Lipinski definition) is 0. The number of hydrogen-bond acceptors (Lipinski definition) is 6. The molecule has 8 heteroatoms. The molecule has 0 aliphatic carbocycles. The highest BCUT2D eigenvalue weighted by molar-refractivity contribution is 6.78. The zero-order valence-electron chi connectivity index (χ0n) is 16.1. The lowest BCUT2D eigenvalue weighted by Crippen LogP contribution is -2.57. The molecule has 6 nitrogen and oxygen atoms in total. The van der Waals surface area contributed by atoms with Crippen molar-refractivity contribution >= 4 is 28.0 Å². The van der Waals surface area contributed by atoms with Crippen molar-refractivity contribution in [3.8, 4) is 11.1 Å². The van der Waals surface area contributed by atoms with Gasteiger partial charge >= 0.3 is 17.6 Å². The lowest BCUT2D eigenvalue weighted by atomic mass is 10.1. The minimum atomic E-state index is -3.04. The average molecular weight is 395 g/mol. The molecule has 0 aromatic heterocycles. The SMILES string of the molecule is CO[Si](OC)(OC)c1ccccc1-c1ccccc1[Si](OC)(OC)OC. The van der Waals surface area contributed by atoms with Crippen LogP contribution in [0, 0.1) is 0 Å². The van der Waals surface area contributed by atoms with Gasteiger partial charge in [-0.3, -0.25) is 0 Å². The zero-order chi connectivity index (χ0) is 19.2. The zero-order valence-corrected chi connectivity index (χ0v) is 18.1. The van der Waals surface area contributed by atoms with E-state index in [0.29, 0.717) is 0 Å². The van der Waals surface area contributed by atoms with E-state index in [9.17, 15) is 0 Å². The topological polar surface area (TPSA) is 55.4 Å². The first-order valence-corrected chi connectivity index (χ1v) is 11.5. The summed E-state index contributed by atoms with van der Waals surface area (Å²) >= 11 is 0. The number of benzene rings is 2. The largest absolute Gasteiger partial charge is 0.537 e. The van der Waals surface area contributed by atoms with Crippen molar-refractivity contribution in [1.29, 1.82) is 0 Å². The average Bonchev–Trinajstić information content (AvgIpc) is 2.72. The maximum absolute atomic E-state index is 5.70. The molecule has 0 N–H and O–H groups in total. The third-order valence-corrected chi connectivity index (χ3v) is 9.83. The molecule has 0 heterocycles. The predicted molar refractivity (Wildman–Crippen MR) is 105 cm³/mol. The molecule has 2 rings (SSSR count). The third-order valence-electron chi connectivity index (χ3n) is 4.42. The van der Waals surface area contributed by atoms with Crippen LogP contribution < -0.4 is 10.4 Å². The summed E-state index contributed by atoms with van der Waals surface area (Å²) in [7, 11) is 3.50. The molecule has 0 aliphatic heterocycles. The van der Waals surface area contributed by atoms with Crippen molar-refractivity contribution < 1.29 is 26.6 Å². The quantitative estimate of drug-likeness (QED) is 0.601. The molecule has 0 saturated carbocycles. The Morgan fingerprint density at radius 1 is 0.462 bits per heavy atom. The summed E-state index contributed by atoms with van der Waals surface area (Å²) in [6.45, 7) is 0. The van der Waals surface area contributed by atoms with Gasteiger partial charge in [0.1, 0.15) is 0 Å². The summed E-state index contributed by atoms with van der Waals surface area (Å²) in [5, 5.41) is 1.73. The minimum absolute atomic E-state index is 0.867. The highest BCUT2D eigenvalue weighted by Gasteiger charge is 2.46. The molecule has 0 fully saturated rings. The third kappa shape index (κ3) is 3.55. The standard InChI is InChI=1S/C18H26O6Si2/c1-19-25(20-2,21-3)17-13-9-7-11-15(17)16-12-8-10-14-18(16)26(22-4,23-5)24-6/h7-14H,1-6H3. The van der Waals surface area contributed by atoms with Crippen LogP contribution in [0.15, 0.2) is 48.5 Å². The Bertz CT molecular complexity index is 638. The Morgan fingerprint density at radius 3 is 1.00 bits per heavy atom. The summed E-state index contributed by atoms with van der Waals surface area (Å²) in [6, 6.07) is 15.7. The summed E-state index contributed by atoms with van der Waals surface area (Å²) in [4.78, 5) is 0. The Labute approximate surface area is 157 Å². The molecule has 0 amide bonds. The van der Waals surface area contributed by atoms with Gasteiger partial charge in [0, 0.05) is 53.0 Å². The smallest absolute Gasteiger partial charge is 0.373 e. The summed E-state index contributed by atoms with van der Waals surface area (Å²) in [5.74, 6) is 0.